The highest BCUT2D eigenvalue weighted by molar-refractivity contribution is 9.10. The Morgan fingerprint density at radius 3 is 2.36 bits per heavy atom. The number of rotatable bonds is 8. The lowest BCUT2D eigenvalue weighted by atomic mass is 10.1. The lowest BCUT2D eigenvalue weighted by molar-refractivity contribution is -0.112. The van der Waals surface area contributed by atoms with Gasteiger partial charge in [0.2, 0.25) is 0 Å². The molecule has 0 aliphatic carbocycles. The first kappa shape index (κ1) is 24.1. The standard InChI is InChI=1S/C27H25BrN2O3/c1-4-32-25-15-21(10-13-24(25)33-17-20-8-11-23(28)12-9-20)14-22(16-29)27(31)30-26-18(2)6-5-7-19(26)3/h5-15H,4,17H2,1-3H3,(H,30,31)/b22-14-. The van der Waals surface area contributed by atoms with E-state index in [1.807, 2.05) is 69.3 Å². The Morgan fingerprint density at radius 1 is 1.03 bits per heavy atom. The van der Waals surface area contributed by atoms with Gasteiger partial charge in [-0.05, 0) is 73.4 Å². The first-order chi connectivity index (χ1) is 15.9. The van der Waals surface area contributed by atoms with Crippen molar-refractivity contribution in [3.63, 3.8) is 0 Å². The van der Waals surface area contributed by atoms with Gasteiger partial charge in [-0.1, -0.05) is 52.3 Å². The molecule has 3 aromatic carbocycles. The number of amides is 1. The highest BCUT2D eigenvalue weighted by Crippen LogP contribution is 2.30. The smallest absolute Gasteiger partial charge is 0.266 e. The summed E-state index contributed by atoms with van der Waals surface area (Å²) in [5.74, 6) is 0.689. The fraction of sp³-hybridized carbons (Fsp3) is 0.185. The van der Waals surface area contributed by atoms with Gasteiger partial charge in [0, 0.05) is 10.2 Å². The number of para-hydroxylation sites is 1. The van der Waals surface area contributed by atoms with E-state index in [0.29, 0.717) is 30.3 Å². The van der Waals surface area contributed by atoms with Crippen LogP contribution in [0, 0.1) is 25.2 Å². The molecule has 0 bridgehead atoms. The molecule has 0 atom stereocenters. The number of halogens is 1. The number of nitriles is 1. The van der Waals surface area contributed by atoms with Gasteiger partial charge >= 0.3 is 0 Å². The zero-order valence-electron chi connectivity index (χ0n) is 18.8. The molecule has 3 aromatic rings. The number of nitrogens with one attached hydrogen (secondary N) is 1. The van der Waals surface area contributed by atoms with E-state index in [0.717, 1.165) is 26.9 Å². The van der Waals surface area contributed by atoms with Crippen molar-refractivity contribution in [2.45, 2.75) is 27.4 Å². The zero-order valence-corrected chi connectivity index (χ0v) is 20.4. The normalized spacial score (nSPS) is 10.9. The third-order valence-corrected chi connectivity index (χ3v) is 5.50. The van der Waals surface area contributed by atoms with Gasteiger partial charge < -0.3 is 14.8 Å². The minimum absolute atomic E-state index is 0.00336. The molecule has 3 rings (SSSR count). The maximum absolute atomic E-state index is 12.8. The second-order valence-corrected chi connectivity index (χ2v) is 8.36. The molecule has 1 amide bonds. The molecule has 0 heterocycles. The predicted octanol–water partition coefficient (Wildman–Crippen LogP) is 6.59. The molecule has 0 aromatic heterocycles. The van der Waals surface area contributed by atoms with Crippen LogP contribution < -0.4 is 14.8 Å². The molecule has 0 aliphatic rings. The summed E-state index contributed by atoms with van der Waals surface area (Å²) >= 11 is 3.42. The number of aryl methyl sites for hydroxylation is 2. The number of hydrogen-bond donors (Lipinski definition) is 1. The van der Waals surface area contributed by atoms with Crippen LogP contribution in [0.2, 0.25) is 0 Å². The average Bonchev–Trinajstić information content (AvgIpc) is 2.80. The number of ether oxygens (including phenoxy) is 2. The monoisotopic (exact) mass is 504 g/mol. The van der Waals surface area contributed by atoms with E-state index in [9.17, 15) is 10.1 Å². The SMILES string of the molecule is CCOc1cc(/C=C(/C#N)C(=O)Nc2c(C)cccc2C)ccc1OCc1ccc(Br)cc1. The van der Waals surface area contributed by atoms with Crippen LogP contribution in [0.4, 0.5) is 5.69 Å². The minimum Gasteiger partial charge on any atom is -0.490 e. The Morgan fingerprint density at radius 2 is 1.73 bits per heavy atom. The molecule has 0 aliphatic heterocycles. The summed E-state index contributed by atoms with van der Waals surface area (Å²) in [6.45, 7) is 6.57. The van der Waals surface area contributed by atoms with E-state index in [1.54, 1.807) is 24.3 Å². The van der Waals surface area contributed by atoms with Gasteiger partial charge in [-0.3, -0.25) is 4.79 Å². The molecule has 0 spiro atoms. The van der Waals surface area contributed by atoms with Crippen LogP contribution in [-0.4, -0.2) is 12.5 Å². The molecule has 0 fully saturated rings. The Labute approximate surface area is 202 Å². The topological polar surface area (TPSA) is 71.3 Å². The summed E-state index contributed by atoms with van der Waals surface area (Å²) in [6.07, 6.45) is 1.55. The Balaban J connectivity index is 1.80. The highest BCUT2D eigenvalue weighted by atomic mass is 79.9. The van der Waals surface area contributed by atoms with Crippen LogP contribution in [0.5, 0.6) is 11.5 Å². The molecule has 1 N–H and O–H groups in total. The largest absolute Gasteiger partial charge is 0.490 e. The lowest BCUT2D eigenvalue weighted by Crippen LogP contribution is -2.15. The third-order valence-electron chi connectivity index (χ3n) is 4.97. The average molecular weight is 505 g/mol. The van der Waals surface area contributed by atoms with E-state index in [1.165, 1.54) is 0 Å². The molecule has 0 unspecified atom stereocenters. The van der Waals surface area contributed by atoms with Gasteiger partial charge in [-0.15, -0.1) is 0 Å². The molecule has 5 nitrogen and oxygen atoms in total. The van der Waals surface area contributed by atoms with Crippen molar-refractivity contribution in [3.05, 3.63) is 93.0 Å². The molecule has 0 radical (unpaired) electrons. The van der Waals surface area contributed by atoms with Crippen LogP contribution in [0.1, 0.15) is 29.2 Å². The maximum atomic E-state index is 12.8. The maximum Gasteiger partial charge on any atom is 0.266 e. The number of anilines is 1. The summed E-state index contributed by atoms with van der Waals surface area (Å²) in [5.41, 5.74) is 4.29. The van der Waals surface area contributed by atoms with Gasteiger partial charge in [-0.25, -0.2) is 0 Å². The first-order valence-electron chi connectivity index (χ1n) is 10.5. The minimum atomic E-state index is -0.455. The van der Waals surface area contributed by atoms with E-state index < -0.39 is 5.91 Å². The fourth-order valence-electron chi connectivity index (χ4n) is 3.25. The van der Waals surface area contributed by atoms with Crippen molar-refractivity contribution in [2.24, 2.45) is 0 Å². The molecule has 0 saturated heterocycles. The van der Waals surface area contributed by atoms with Gasteiger partial charge in [0.25, 0.3) is 5.91 Å². The van der Waals surface area contributed by atoms with Crippen LogP contribution in [0.15, 0.2) is 70.7 Å². The van der Waals surface area contributed by atoms with Crippen molar-refractivity contribution >= 4 is 33.6 Å². The second-order valence-electron chi connectivity index (χ2n) is 7.45. The number of benzene rings is 3. The highest BCUT2D eigenvalue weighted by Gasteiger charge is 2.13. The number of hydrogen-bond acceptors (Lipinski definition) is 4. The summed E-state index contributed by atoms with van der Waals surface area (Å²) in [5, 5.41) is 12.4. The molecule has 6 heteroatoms. The molecule has 168 valence electrons. The van der Waals surface area contributed by atoms with Crippen molar-refractivity contribution in [3.8, 4) is 17.6 Å². The van der Waals surface area contributed by atoms with Crippen LogP contribution >= 0.6 is 15.9 Å². The Kier molecular flexibility index (Phi) is 8.28. The van der Waals surface area contributed by atoms with Crippen LogP contribution in [0.3, 0.4) is 0 Å². The van der Waals surface area contributed by atoms with E-state index in [4.69, 9.17) is 9.47 Å². The van der Waals surface area contributed by atoms with Crippen molar-refractivity contribution in [1.29, 1.82) is 5.26 Å². The quantitative estimate of drug-likeness (QED) is 0.277. The first-order valence-corrected chi connectivity index (χ1v) is 11.3. The summed E-state index contributed by atoms with van der Waals surface area (Å²) in [6, 6.07) is 21.0. The lowest BCUT2D eigenvalue weighted by Gasteiger charge is -2.13. The van der Waals surface area contributed by atoms with Crippen molar-refractivity contribution in [1.82, 2.24) is 0 Å². The van der Waals surface area contributed by atoms with E-state index >= 15 is 0 Å². The number of carbonyl (C=O) groups excluding carboxylic acids is 1. The summed E-state index contributed by atoms with van der Waals surface area (Å²) in [4.78, 5) is 12.8. The molecule has 33 heavy (non-hydrogen) atoms. The predicted molar refractivity (Wildman–Crippen MR) is 134 cm³/mol. The summed E-state index contributed by atoms with van der Waals surface area (Å²) in [7, 11) is 0. The Hall–Kier alpha value is -3.56. The number of nitrogens with zero attached hydrogens (tertiary/aromatic N) is 1. The van der Waals surface area contributed by atoms with Gasteiger partial charge in [0.1, 0.15) is 18.2 Å². The summed E-state index contributed by atoms with van der Waals surface area (Å²) < 4.78 is 12.7. The second kappa shape index (κ2) is 11.3. The van der Waals surface area contributed by atoms with E-state index in [-0.39, 0.29) is 5.57 Å². The van der Waals surface area contributed by atoms with Crippen LogP contribution in [0.25, 0.3) is 6.08 Å². The van der Waals surface area contributed by atoms with Crippen molar-refractivity contribution in [2.75, 3.05) is 11.9 Å². The van der Waals surface area contributed by atoms with Crippen LogP contribution in [-0.2, 0) is 11.4 Å². The molecular weight excluding hydrogens is 480 g/mol. The zero-order chi connectivity index (χ0) is 23.8. The number of carbonyl (C=O) groups is 1. The third kappa shape index (κ3) is 6.47. The molecule has 0 saturated carbocycles. The fourth-order valence-corrected chi connectivity index (χ4v) is 3.52. The van der Waals surface area contributed by atoms with Gasteiger partial charge in [0.15, 0.2) is 11.5 Å². The molecular formula is C27H25BrN2O3. The van der Waals surface area contributed by atoms with Crippen molar-refractivity contribution < 1.29 is 14.3 Å². The van der Waals surface area contributed by atoms with E-state index in [2.05, 4.69) is 21.2 Å². The van der Waals surface area contributed by atoms with Gasteiger partial charge in [0.05, 0.1) is 6.61 Å². The Bertz CT molecular complexity index is 1190. The van der Waals surface area contributed by atoms with Gasteiger partial charge in [-0.2, -0.15) is 5.26 Å².